The molecule has 0 saturated heterocycles. The van der Waals surface area contributed by atoms with E-state index >= 15 is 0 Å². The highest BCUT2D eigenvalue weighted by Gasteiger charge is 2.11. The van der Waals surface area contributed by atoms with Gasteiger partial charge in [-0.05, 0) is 53.9 Å². The average molecular weight is 345 g/mol. The molecule has 0 aliphatic rings. The second-order valence-electron chi connectivity index (χ2n) is 5.89. The van der Waals surface area contributed by atoms with E-state index in [1.165, 1.54) is 27.6 Å². The van der Waals surface area contributed by atoms with E-state index in [2.05, 4.69) is 69.0 Å². The Bertz CT molecular complexity index is 978. The molecule has 4 heteroatoms. The number of benzene rings is 2. The van der Waals surface area contributed by atoms with Crippen molar-refractivity contribution in [2.75, 3.05) is 7.05 Å². The molecule has 0 aliphatic heterocycles. The summed E-state index contributed by atoms with van der Waals surface area (Å²) < 4.78 is 2.24. The van der Waals surface area contributed by atoms with Gasteiger partial charge in [-0.25, -0.2) is 0 Å². The number of hydrogen-bond acceptors (Lipinski definition) is 3. The highest BCUT2D eigenvalue weighted by Crippen LogP contribution is 2.32. The van der Waals surface area contributed by atoms with Gasteiger partial charge in [0.1, 0.15) is 0 Å². The summed E-state index contributed by atoms with van der Waals surface area (Å²) >= 11 is 1.69. The molecular weight excluding hydrogens is 326 g/mol. The van der Waals surface area contributed by atoms with Crippen LogP contribution in [-0.2, 0) is 6.54 Å². The Balaban J connectivity index is 1.82. The van der Waals surface area contributed by atoms with Crippen LogP contribution in [0.15, 0.2) is 84.1 Å². The third kappa shape index (κ3) is 3.31. The van der Waals surface area contributed by atoms with E-state index in [1.54, 1.807) is 18.1 Å². The van der Waals surface area contributed by atoms with Crippen molar-refractivity contribution >= 4 is 22.9 Å². The van der Waals surface area contributed by atoms with Gasteiger partial charge >= 0.3 is 0 Å². The third-order valence-electron chi connectivity index (χ3n) is 4.17. The Labute approximate surface area is 151 Å². The second-order valence-corrected chi connectivity index (χ2v) is 6.94. The molecule has 0 aliphatic carbocycles. The van der Waals surface area contributed by atoms with Crippen LogP contribution in [0.1, 0.15) is 5.56 Å². The maximum absolute atomic E-state index is 4.22. The first-order chi connectivity index (χ1) is 12.3. The lowest BCUT2D eigenvalue weighted by Gasteiger charge is -2.06. The van der Waals surface area contributed by atoms with Crippen molar-refractivity contribution in [2.45, 2.75) is 11.4 Å². The minimum absolute atomic E-state index is 0.849. The molecule has 2 aromatic carbocycles. The molecule has 0 fully saturated rings. The van der Waals surface area contributed by atoms with Crippen molar-refractivity contribution in [1.29, 1.82) is 0 Å². The van der Waals surface area contributed by atoms with Gasteiger partial charge in [0, 0.05) is 35.4 Å². The highest BCUT2D eigenvalue weighted by atomic mass is 32.2. The van der Waals surface area contributed by atoms with E-state index < -0.39 is 0 Å². The molecule has 2 heterocycles. The minimum Gasteiger partial charge on any atom is -0.316 e. The lowest BCUT2D eigenvalue weighted by atomic mass is 10.0. The van der Waals surface area contributed by atoms with Crippen molar-refractivity contribution in [1.82, 2.24) is 14.3 Å². The zero-order valence-corrected chi connectivity index (χ0v) is 14.8. The molecule has 4 rings (SSSR count). The monoisotopic (exact) mass is 345 g/mol. The van der Waals surface area contributed by atoms with Crippen molar-refractivity contribution in [2.24, 2.45) is 0 Å². The molecule has 2 aromatic heterocycles. The fraction of sp³-hybridized carbons (Fsp3) is 0.0952. The molecule has 0 radical (unpaired) electrons. The molecular formula is C21H19N3S. The molecule has 124 valence electrons. The van der Waals surface area contributed by atoms with Gasteiger partial charge in [0.25, 0.3) is 0 Å². The van der Waals surface area contributed by atoms with E-state index in [-0.39, 0.29) is 0 Å². The molecule has 4 aromatic rings. The van der Waals surface area contributed by atoms with E-state index in [1.807, 2.05) is 25.4 Å². The summed E-state index contributed by atoms with van der Waals surface area (Å²) in [5, 5.41) is 4.55. The first-order valence-electron chi connectivity index (χ1n) is 8.27. The van der Waals surface area contributed by atoms with E-state index in [9.17, 15) is 0 Å². The number of rotatable bonds is 5. The zero-order chi connectivity index (χ0) is 17.1. The average Bonchev–Trinajstić information content (AvgIpc) is 3.00. The molecule has 0 saturated carbocycles. The molecule has 3 nitrogen and oxygen atoms in total. The fourth-order valence-electron chi connectivity index (χ4n) is 3.00. The molecule has 0 amide bonds. The molecule has 25 heavy (non-hydrogen) atoms. The van der Waals surface area contributed by atoms with Gasteiger partial charge in [0.05, 0.1) is 5.52 Å². The van der Waals surface area contributed by atoms with Crippen LogP contribution < -0.4 is 5.32 Å². The summed E-state index contributed by atoms with van der Waals surface area (Å²) in [5.74, 6) is 0. The predicted octanol–water partition coefficient (Wildman–Crippen LogP) is 4.98. The minimum atomic E-state index is 0.849. The van der Waals surface area contributed by atoms with Crippen molar-refractivity contribution < 1.29 is 0 Å². The predicted molar refractivity (Wildman–Crippen MR) is 106 cm³/mol. The van der Waals surface area contributed by atoms with Gasteiger partial charge in [-0.3, -0.25) is 8.96 Å². The van der Waals surface area contributed by atoms with Gasteiger partial charge in [0.15, 0.2) is 0 Å². The van der Waals surface area contributed by atoms with Gasteiger partial charge in [0.2, 0.25) is 0 Å². The van der Waals surface area contributed by atoms with Gasteiger partial charge in [-0.15, -0.1) is 0 Å². The first-order valence-corrected chi connectivity index (χ1v) is 9.05. The van der Waals surface area contributed by atoms with Crippen molar-refractivity contribution in [3.05, 3.63) is 84.8 Å². The van der Waals surface area contributed by atoms with Gasteiger partial charge in [-0.1, -0.05) is 42.5 Å². The molecule has 1 N–H and O–H groups in total. The largest absolute Gasteiger partial charge is 0.316 e. The molecule has 0 spiro atoms. The Morgan fingerprint density at radius 3 is 2.64 bits per heavy atom. The Kier molecular flexibility index (Phi) is 4.55. The van der Waals surface area contributed by atoms with Crippen LogP contribution in [0, 0.1) is 0 Å². The van der Waals surface area contributed by atoms with Crippen LogP contribution in [0.4, 0.5) is 0 Å². The van der Waals surface area contributed by atoms with Gasteiger partial charge < -0.3 is 5.32 Å². The zero-order valence-electron chi connectivity index (χ0n) is 14.0. The SMILES string of the molecule is CNCc1cn(Sc2cccnc2)c2cc(-c3ccccc3)ccc12. The first kappa shape index (κ1) is 15.9. The third-order valence-corrected chi connectivity index (χ3v) is 5.12. The normalized spacial score (nSPS) is 11.1. The quantitative estimate of drug-likeness (QED) is 0.553. The molecule has 0 bridgehead atoms. The number of aromatic nitrogens is 2. The van der Waals surface area contributed by atoms with Crippen molar-refractivity contribution in [3.8, 4) is 11.1 Å². The smallest absolute Gasteiger partial charge is 0.0604 e. The van der Waals surface area contributed by atoms with Crippen LogP contribution >= 0.6 is 11.9 Å². The Morgan fingerprint density at radius 1 is 1.00 bits per heavy atom. The number of nitrogens with one attached hydrogen (secondary N) is 1. The van der Waals surface area contributed by atoms with Crippen LogP contribution in [0.3, 0.4) is 0 Å². The number of pyridine rings is 1. The summed E-state index contributed by atoms with van der Waals surface area (Å²) in [6.07, 6.45) is 5.92. The van der Waals surface area contributed by atoms with Crippen LogP contribution in [0.25, 0.3) is 22.0 Å². The number of nitrogens with zero attached hydrogens (tertiary/aromatic N) is 2. The van der Waals surface area contributed by atoms with Crippen molar-refractivity contribution in [3.63, 3.8) is 0 Å². The Hall–Kier alpha value is -2.56. The Morgan fingerprint density at radius 2 is 1.88 bits per heavy atom. The van der Waals surface area contributed by atoms with Crippen LogP contribution in [0.5, 0.6) is 0 Å². The number of hydrogen-bond donors (Lipinski definition) is 1. The van der Waals surface area contributed by atoms with Gasteiger partial charge in [-0.2, -0.15) is 0 Å². The van der Waals surface area contributed by atoms with E-state index in [0.29, 0.717) is 0 Å². The lowest BCUT2D eigenvalue weighted by Crippen LogP contribution is -2.04. The highest BCUT2D eigenvalue weighted by molar-refractivity contribution is 7.98. The van der Waals surface area contributed by atoms with E-state index in [0.717, 1.165) is 11.4 Å². The standard InChI is InChI=1S/C21H19N3S/c1-22-13-18-15-24(25-19-8-5-11-23-14-19)21-12-17(9-10-20(18)21)16-6-3-2-4-7-16/h2-12,14-15,22H,13H2,1H3. The maximum atomic E-state index is 4.22. The fourth-order valence-corrected chi connectivity index (χ4v) is 3.90. The van der Waals surface area contributed by atoms with Crippen LogP contribution in [0.2, 0.25) is 0 Å². The summed E-state index contributed by atoms with van der Waals surface area (Å²) in [5.41, 5.74) is 4.99. The molecule has 0 unspecified atom stereocenters. The lowest BCUT2D eigenvalue weighted by molar-refractivity contribution is 0.822. The summed E-state index contributed by atoms with van der Waals surface area (Å²) in [6, 6.07) is 21.3. The molecule has 0 atom stereocenters. The van der Waals surface area contributed by atoms with E-state index in [4.69, 9.17) is 0 Å². The van der Waals surface area contributed by atoms with Crippen LogP contribution in [-0.4, -0.2) is 16.0 Å². The number of fused-ring (bicyclic) bond motifs is 1. The topological polar surface area (TPSA) is 29.9 Å². The maximum Gasteiger partial charge on any atom is 0.0604 e. The summed E-state index contributed by atoms with van der Waals surface area (Å²) in [7, 11) is 1.98. The summed E-state index contributed by atoms with van der Waals surface area (Å²) in [6.45, 7) is 0.849. The second kappa shape index (κ2) is 7.13. The summed E-state index contributed by atoms with van der Waals surface area (Å²) in [4.78, 5) is 5.35.